The first kappa shape index (κ1) is 34.8. The van der Waals surface area contributed by atoms with Crippen molar-refractivity contribution in [3.05, 3.63) is 63.6 Å². The van der Waals surface area contributed by atoms with Crippen molar-refractivity contribution in [1.82, 2.24) is 15.2 Å². The van der Waals surface area contributed by atoms with Gasteiger partial charge in [0.25, 0.3) is 0 Å². The van der Waals surface area contributed by atoms with E-state index in [-0.39, 0.29) is 18.3 Å². The summed E-state index contributed by atoms with van der Waals surface area (Å²) in [7, 11) is 0. The number of ether oxygens (including phenoxy) is 3. The zero-order valence-electron chi connectivity index (χ0n) is 29.2. The summed E-state index contributed by atoms with van der Waals surface area (Å²) in [6, 6.07) is 1.90. The molecule has 1 aliphatic carbocycles. The number of hydrogen-bond donors (Lipinski definition) is 1. The molecule has 2 aliphatic heterocycles. The number of nitrogens with zero attached hydrogens (tertiary/aromatic N) is 4. The minimum Gasteiger partial charge on any atom is -0.490 e. The van der Waals surface area contributed by atoms with Crippen LogP contribution in [0.5, 0.6) is 5.75 Å². The van der Waals surface area contributed by atoms with Gasteiger partial charge in [-0.05, 0) is 94.0 Å². The Balaban J connectivity index is 1.41. The highest BCUT2D eigenvalue weighted by Gasteiger charge is 2.37. The van der Waals surface area contributed by atoms with Gasteiger partial charge in [-0.25, -0.2) is 9.18 Å². The molecule has 1 fully saturated rings. The third-order valence-corrected chi connectivity index (χ3v) is 10.1. The molecule has 1 aromatic carbocycles. The van der Waals surface area contributed by atoms with E-state index in [2.05, 4.69) is 28.6 Å². The van der Waals surface area contributed by atoms with E-state index in [1.807, 2.05) is 19.9 Å². The molecule has 10 nitrogen and oxygen atoms in total. The number of benzene rings is 1. The van der Waals surface area contributed by atoms with Gasteiger partial charge in [-0.2, -0.15) is 0 Å². The van der Waals surface area contributed by atoms with Gasteiger partial charge in [0.2, 0.25) is 5.89 Å². The average molecular weight is 675 g/mol. The van der Waals surface area contributed by atoms with Gasteiger partial charge in [0.15, 0.2) is 17.7 Å². The van der Waals surface area contributed by atoms with E-state index < -0.39 is 17.9 Å². The van der Waals surface area contributed by atoms with Gasteiger partial charge in [0.1, 0.15) is 0 Å². The molecule has 1 unspecified atom stereocenters. The molecule has 0 saturated carbocycles. The summed E-state index contributed by atoms with van der Waals surface area (Å²) >= 11 is 0. The van der Waals surface area contributed by atoms with Crippen LogP contribution in [0.25, 0.3) is 22.8 Å². The lowest BCUT2D eigenvalue weighted by atomic mass is 9.85. The first-order valence-electron chi connectivity index (χ1n) is 17.5. The smallest absolute Gasteiger partial charge is 0.337 e. The fourth-order valence-electron chi connectivity index (χ4n) is 7.50. The molecule has 2 atom stereocenters. The summed E-state index contributed by atoms with van der Waals surface area (Å²) in [6.07, 6.45) is 5.83. The Labute approximate surface area is 287 Å². The number of halogens is 1. The number of fused-ring (bicyclic) bond motifs is 2. The maximum absolute atomic E-state index is 15.7. The van der Waals surface area contributed by atoms with Crippen molar-refractivity contribution in [3.8, 4) is 16.9 Å². The number of carbonyl (C=O) groups is 1. The van der Waals surface area contributed by atoms with Crippen LogP contribution in [-0.2, 0) is 20.7 Å². The van der Waals surface area contributed by atoms with E-state index in [0.29, 0.717) is 58.8 Å². The number of allylic oxidation sites excluding steroid dienone is 1. The standard InChI is InChI=1S/C38H47FN4O6/c1-7-14-43(15-11-21(3)25-12-17-46-18-13-25)38-42-41-36(49-38)28-19-29-32(27-20-30(39)34-26(22(27)4)10-9-16-48-34)31(35(37(44)45)47-8-2)24(6)40-33(29)23(28)5/h19-20,23,25,35H,3,7-18H2,1-2,4-6H3,(H,44,45)/t23?,35-/m0/s1. The van der Waals surface area contributed by atoms with Crippen LogP contribution >= 0.6 is 0 Å². The highest BCUT2D eigenvalue weighted by atomic mass is 19.1. The molecule has 1 N–H and O–H groups in total. The normalized spacial score (nSPS) is 18.0. The van der Waals surface area contributed by atoms with Crippen LogP contribution in [0.3, 0.4) is 0 Å². The molecule has 4 heterocycles. The van der Waals surface area contributed by atoms with Gasteiger partial charge >= 0.3 is 12.0 Å². The van der Waals surface area contributed by atoms with E-state index in [9.17, 15) is 9.90 Å². The van der Waals surface area contributed by atoms with Crippen LogP contribution in [0.1, 0.15) is 104 Å². The number of carboxylic acids is 1. The van der Waals surface area contributed by atoms with Crippen molar-refractivity contribution in [2.24, 2.45) is 5.92 Å². The van der Waals surface area contributed by atoms with Crippen LogP contribution in [0.2, 0.25) is 0 Å². The SMILES string of the molecule is C=C(CCN(CCC)c1nnc(C2=Cc3c(nc(C)c([C@H](OCC)C(=O)O)c3-c3cc(F)c4c(c3C)CCCO4)C2C)o1)C1CCOCC1. The zero-order valence-corrected chi connectivity index (χ0v) is 29.2. The van der Waals surface area contributed by atoms with Crippen LogP contribution in [0, 0.1) is 25.6 Å². The summed E-state index contributed by atoms with van der Waals surface area (Å²) in [5, 5.41) is 19.3. The van der Waals surface area contributed by atoms with Crippen LogP contribution in [-0.4, -0.2) is 65.8 Å². The lowest BCUT2D eigenvalue weighted by molar-refractivity contribution is -0.150. The van der Waals surface area contributed by atoms with Gasteiger partial charge in [-0.1, -0.05) is 31.1 Å². The first-order chi connectivity index (χ1) is 23.6. The topological polar surface area (TPSA) is 120 Å². The van der Waals surface area contributed by atoms with Crippen LogP contribution in [0.4, 0.5) is 10.4 Å². The van der Waals surface area contributed by atoms with Gasteiger partial charge in [0, 0.05) is 66.8 Å². The molecular formula is C38H47FN4O6. The molecule has 262 valence electrons. The average Bonchev–Trinajstić information content (AvgIpc) is 3.71. The first-order valence-corrected chi connectivity index (χ1v) is 17.5. The number of aryl methyl sites for hydroxylation is 1. The van der Waals surface area contributed by atoms with Crippen LogP contribution < -0.4 is 9.64 Å². The minimum atomic E-state index is -1.30. The molecule has 2 aromatic heterocycles. The van der Waals surface area contributed by atoms with Crippen LogP contribution in [0.15, 0.2) is 22.6 Å². The monoisotopic (exact) mass is 674 g/mol. The lowest BCUT2D eigenvalue weighted by Crippen LogP contribution is -2.27. The van der Waals surface area contributed by atoms with Gasteiger partial charge in [0.05, 0.1) is 12.3 Å². The second kappa shape index (κ2) is 14.8. The van der Waals surface area contributed by atoms with E-state index >= 15 is 4.39 Å². The molecule has 0 amide bonds. The highest BCUT2D eigenvalue weighted by Crippen LogP contribution is 2.49. The molecule has 0 bridgehead atoms. The fraction of sp³-hybridized carbons (Fsp3) is 0.526. The van der Waals surface area contributed by atoms with Crippen molar-refractivity contribution in [2.45, 2.75) is 85.2 Å². The Kier molecular flexibility index (Phi) is 10.5. The zero-order chi connectivity index (χ0) is 34.8. The van der Waals surface area contributed by atoms with E-state index in [1.54, 1.807) is 13.8 Å². The Bertz CT molecular complexity index is 1760. The number of rotatable bonds is 13. The maximum atomic E-state index is 15.7. The number of pyridine rings is 1. The second-order valence-electron chi connectivity index (χ2n) is 13.2. The van der Waals surface area contributed by atoms with Crippen molar-refractivity contribution < 1.29 is 32.9 Å². The third kappa shape index (κ3) is 6.75. The Morgan fingerprint density at radius 3 is 2.67 bits per heavy atom. The molecule has 6 rings (SSSR count). The fourth-order valence-corrected chi connectivity index (χ4v) is 7.50. The lowest BCUT2D eigenvalue weighted by Gasteiger charge is -2.26. The number of anilines is 1. The van der Waals surface area contributed by atoms with Crippen molar-refractivity contribution >= 4 is 23.6 Å². The summed E-state index contributed by atoms with van der Waals surface area (Å²) in [5.41, 5.74) is 7.17. The largest absolute Gasteiger partial charge is 0.490 e. The molecule has 0 spiro atoms. The van der Waals surface area contributed by atoms with Crippen molar-refractivity contribution in [3.63, 3.8) is 0 Å². The predicted octanol–water partition coefficient (Wildman–Crippen LogP) is 7.62. The Hall–Kier alpha value is -4.09. The maximum Gasteiger partial charge on any atom is 0.337 e. The molecule has 0 radical (unpaired) electrons. The summed E-state index contributed by atoms with van der Waals surface area (Å²) in [6.45, 7) is 17.7. The molecule has 3 aliphatic rings. The molecule has 1 saturated heterocycles. The van der Waals surface area contributed by atoms with E-state index in [0.717, 1.165) is 80.8 Å². The number of carboxylic acid groups (broad SMARTS) is 1. The molecule has 3 aromatic rings. The second-order valence-corrected chi connectivity index (χ2v) is 13.2. The van der Waals surface area contributed by atoms with Crippen molar-refractivity contribution in [2.75, 3.05) is 44.4 Å². The van der Waals surface area contributed by atoms with E-state index in [4.69, 9.17) is 23.6 Å². The van der Waals surface area contributed by atoms with E-state index in [1.165, 1.54) is 11.6 Å². The number of aromatic nitrogens is 3. The summed E-state index contributed by atoms with van der Waals surface area (Å²) < 4.78 is 39.2. The quantitative estimate of drug-likeness (QED) is 0.181. The minimum absolute atomic E-state index is 0.178. The summed E-state index contributed by atoms with van der Waals surface area (Å²) in [5.74, 6) is -0.746. The predicted molar refractivity (Wildman–Crippen MR) is 185 cm³/mol. The van der Waals surface area contributed by atoms with Gasteiger partial charge < -0.3 is 28.6 Å². The number of hydrogen-bond acceptors (Lipinski definition) is 9. The molecular weight excluding hydrogens is 627 g/mol. The Morgan fingerprint density at radius 1 is 1.18 bits per heavy atom. The third-order valence-electron chi connectivity index (χ3n) is 10.1. The summed E-state index contributed by atoms with van der Waals surface area (Å²) in [4.78, 5) is 19.7. The molecule has 11 heteroatoms. The van der Waals surface area contributed by atoms with Gasteiger partial charge in [-0.15, -0.1) is 5.10 Å². The van der Waals surface area contributed by atoms with Crippen molar-refractivity contribution in [1.29, 1.82) is 0 Å². The molecule has 49 heavy (non-hydrogen) atoms. The Morgan fingerprint density at radius 2 is 1.96 bits per heavy atom. The highest BCUT2D eigenvalue weighted by molar-refractivity contribution is 5.96. The number of aliphatic carboxylic acids is 1. The van der Waals surface area contributed by atoms with Gasteiger partial charge in [-0.3, -0.25) is 4.98 Å².